The molecule has 0 aliphatic carbocycles. The number of H-pyrrole nitrogens is 1. The van der Waals surface area contributed by atoms with E-state index in [1.165, 1.54) is 0 Å². The van der Waals surface area contributed by atoms with Crippen LogP contribution < -0.4 is 5.73 Å². The number of morpholine rings is 1. The van der Waals surface area contributed by atoms with E-state index in [9.17, 15) is 4.79 Å². The summed E-state index contributed by atoms with van der Waals surface area (Å²) in [4.78, 5) is 17.8. The zero-order valence-corrected chi connectivity index (χ0v) is 11.9. The highest BCUT2D eigenvalue weighted by atomic mass is 35.5. The monoisotopic (exact) mass is 307 g/mol. The van der Waals surface area contributed by atoms with E-state index in [0.29, 0.717) is 24.7 Å². The van der Waals surface area contributed by atoms with Crippen LogP contribution in [0.4, 0.5) is 5.95 Å². The van der Waals surface area contributed by atoms with Crippen LogP contribution >= 0.6 is 11.6 Å². The van der Waals surface area contributed by atoms with E-state index in [2.05, 4.69) is 15.2 Å². The van der Waals surface area contributed by atoms with E-state index in [1.54, 1.807) is 17.0 Å². The zero-order chi connectivity index (χ0) is 14.8. The van der Waals surface area contributed by atoms with Gasteiger partial charge in [0.25, 0.3) is 5.91 Å². The fraction of sp³-hybridized carbons (Fsp3) is 0.308. The van der Waals surface area contributed by atoms with Crippen molar-refractivity contribution < 1.29 is 9.53 Å². The Labute approximate surface area is 126 Å². The number of nitrogens with two attached hydrogens (primary N) is 1. The first-order valence-electron chi connectivity index (χ1n) is 6.47. The van der Waals surface area contributed by atoms with Crippen molar-refractivity contribution >= 4 is 23.5 Å². The predicted molar refractivity (Wildman–Crippen MR) is 76.8 cm³/mol. The Kier molecular flexibility index (Phi) is 3.76. The van der Waals surface area contributed by atoms with Crippen molar-refractivity contribution in [1.82, 2.24) is 20.1 Å². The molecule has 1 atom stereocenters. The zero-order valence-electron chi connectivity index (χ0n) is 11.1. The third-order valence-electron chi connectivity index (χ3n) is 3.30. The van der Waals surface area contributed by atoms with Crippen molar-refractivity contribution in [3.63, 3.8) is 0 Å². The van der Waals surface area contributed by atoms with E-state index < -0.39 is 0 Å². The van der Waals surface area contributed by atoms with Crippen molar-refractivity contribution in [2.75, 3.05) is 25.4 Å². The summed E-state index contributed by atoms with van der Waals surface area (Å²) >= 11 is 5.88. The number of carbonyl (C=O) groups excluding carboxylic acids is 1. The largest absolute Gasteiger partial charge is 0.370 e. The number of anilines is 1. The second-order valence-corrected chi connectivity index (χ2v) is 5.14. The number of hydrogen-bond donors (Lipinski definition) is 2. The van der Waals surface area contributed by atoms with E-state index in [0.717, 1.165) is 5.56 Å². The van der Waals surface area contributed by atoms with Gasteiger partial charge in [0.05, 0.1) is 13.2 Å². The van der Waals surface area contributed by atoms with Gasteiger partial charge in [-0.3, -0.25) is 9.89 Å². The second-order valence-electron chi connectivity index (χ2n) is 4.70. The molecule has 7 nitrogen and oxygen atoms in total. The van der Waals surface area contributed by atoms with Gasteiger partial charge in [0, 0.05) is 11.6 Å². The van der Waals surface area contributed by atoms with E-state index in [4.69, 9.17) is 22.1 Å². The number of rotatable bonds is 2. The fourth-order valence-corrected chi connectivity index (χ4v) is 2.36. The van der Waals surface area contributed by atoms with Crippen LogP contribution in [0.2, 0.25) is 5.02 Å². The summed E-state index contributed by atoms with van der Waals surface area (Å²) in [6, 6.07) is 7.40. The smallest absolute Gasteiger partial charge is 0.291 e. The Bertz CT molecular complexity index is 642. The lowest BCUT2D eigenvalue weighted by Crippen LogP contribution is -2.42. The number of halogens is 1. The molecule has 2 heterocycles. The molecule has 0 saturated carbocycles. The number of aromatic amines is 1. The summed E-state index contributed by atoms with van der Waals surface area (Å²) in [5.41, 5.74) is 6.40. The molecule has 110 valence electrons. The Morgan fingerprint density at radius 3 is 2.86 bits per heavy atom. The van der Waals surface area contributed by atoms with Crippen LogP contribution in [-0.2, 0) is 4.74 Å². The molecule has 0 spiro atoms. The molecule has 1 aliphatic rings. The van der Waals surface area contributed by atoms with Crippen molar-refractivity contribution in [3.8, 4) is 0 Å². The van der Waals surface area contributed by atoms with Gasteiger partial charge >= 0.3 is 0 Å². The number of carbonyl (C=O) groups is 1. The fourth-order valence-electron chi connectivity index (χ4n) is 2.23. The summed E-state index contributed by atoms with van der Waals surface area (Å²) in [6.45, 7) is 1.41. The van der Waals surface area contributed by atoms with Crippen molar-refractivity contribution in [2.24, 2.45) is 0 Å². The summed E-state index contributed by atoms with van der Waals surface area (Å²) in [7, 11) is 0. The Balaban J connectivity index is 1.73. The molecule has 1 unspecified atom stereocenters. The van der Waals surface area contributed by atoms with E-state index in [-0.39, 0.29) is 23.8 Å². The average Bonchev–Trinajstić information content (AvgIpc) is 2.94. The maximum atomic E-state index is 12.3. The van der Waals surface area contributed by atoms with Gasteiger partial charge in [0.1, 0.15) is 6.10 Å². The van der Waals surface area contributed by atoms with Gasteiger partial charge in [0.15, 0.2) is 0 Å². The first kappa shape index (κ1) is 13.8. The Hall–Kier alpha value is -2.12. The minimum Gasteiger partial charge on any atom is -0.370 e. The Morgan fingerprint density at radius 1 is 1.43 bits per heavy atom. The molecule has 1 saturated heterocycles. The molecular weight excluding hydrogens is 294 g/mol. The van der Waals surface area contributed by atoms with Gasteiger partial charge in [-0.05, 0) is 17.7 Å². The SMILES string of the molecule is Nc1n[nH]c(C(=O)N2CCOC(c3ccc(Cl)cc3)C2)n1. The first-order valence-corrected chi connectivity index (χ1v) is 6.85. The number of hydrogen-bond acceptors (Lipinski definition) is 5. The number of aromatic nitrogens is 3. The molecule has 1 fully saturated rings. The molecule has 0 radical (unpaired) electrons. The van der Waals surface area contributed by atoms with Crippen LogP contribution in [0.5, 0.6) is 0 Å². The number of ether oxygens (including phenoxy) is 1. The summed E-state index contributed by atoms with van der Waals surface area (Å²) in [5.74, 6) is -0.0356. The lowest BCUT2D eigenvalue weighted by atomic mass is 10.1. The van der Waals surface area contributed by atoms with Gasteiger partial charge in [0.2, 0.25) is 11.8 Å². The lowest BCUT2D eigenvalue weighted by Gasteiger charge is -2.32. The molecule has 1 aromatic heterocycles. The van der Waals surface area contributed by atoms with E-state index >= 15 is 0 Å². The maximum Gasteiger partial charge on any atom is 0.291 e. The highest BCUT2D eigenvalue weighted by molar-refractivity contribution is 6.30. The summed E-state index contributed by atoms with van der Waals surface area (Å²) < 4.78 is 5.72. The molecule has 2 aromatic rings. The quantitative estimate of drug-likeness (QED) is 0.870. The van der Waals surface area contributed by atoms with Crippen molar-refractivity contribution in [3.05, 3.63) is 40.7 Å². The van der Waals surface area contributed by atoms with Gasteiger partial charge in [-0.15, -0.1) is 5.10 Å². The van der Waals surface area contributed by atoms with Crippen LogP contribution in [0.15, 0.2) is 24.3 Å². The molecule has 0 bridgehead atoms. The van der Waals surface area contributed by atoms with Gasteiger partial charge in [-0.25, -0.2) is 0 Å². The van der Waals surface area contributed by atoms with Crippen molar-refractivity contribution in [2.45, 2.75) is 6.10 Å². The summed E-state index contributed by atoms with van der Waals surface area (Å²) in [5, 5.41) is 6.86. The molecule has 1 aromatic carbocycles. The molecule has 3 N–H and O–H groups in total. The Morgan fingerprint density at radius 2 is 2.19 bits per heavy atom. The topological polar surface area (TPSA) is 97.1 Å². The lowest BCUT2D eigenvalue weighted by molar-refractivity contribution is -0.0232. The van der Waals surface area contributed by atoms with Crippen LogP contribution in [-0.4, -0.2) is 45.7 Å². The number of benzene rings is 1. The van der Waals surface area contributed by atoms with Crippen LogP contribution in [0.25, 0.3) is 0 Å². The molecule has 1 aliphatic heterocycles. The maximum absolute atomic E-state index is 12.3. The van der Waals surface area contributed by atoms with Crippen LogP contribution in [0.1, 0.15) is 22.3 Å². The van der Waals surface area contributed by atoms with Gasteiger partial charge < -0.3 is 15.4 Å². The minimum absolute atomic E-state index is 0.0564. The highest BCUT2D eigenvalue weighted by Gasteiger charge is 2.27. The molecular formula is C13H14ClN5O2. The highest BCUT2D eigenvalue weighted by Crippen LogP contribution is 2.24. The molecule has 1 amide bonds. The molecule has 3 rings (SSSR count). The first-order chi connectivity index (χ1) is 10.1. The minimum atomic E-state index is -0.235. The normalized spacial score (nSPS) is 18.7. The van der Waals surface area contributed by atoms with Gasteiger partial charge in [-0.1, -0.05) is 23.7 Å². The molecule has 8 heteroatoms. The third kappa shape index (κ3) is 2.98. The average molecular weight is 308 g/mol. The van der Waals surface area contributed by atoms with Crippen LogP contribution in [0, 0.1) is 0 Å². The number of nitrogens with one attached hydrogen (secondary N) is 1. The van der Waals surface area contributed by atoms with E-state index in [1.807, 2.05) is 12.1 Å². The van der Waals surface area contributed by atoms with Crippen molar-refractivity contribution in [1.29, 1.82) is 0 Å². The molecule has 21 heavy (non-hydrogen) atoms. The van der Waals surface area contributed by atoms with Crippen LogP contribution in [0.3, 0.4) is 0 Å². The number of nitrogen functional groups attached to an aromatic ring is 1. The summed E-state index contributed by atoms with van der Waals surface area (Å²) in [6.07, 6.45) is -0.180. The predicted octanol–water partition coefficient (Wildman–Crippen LogP) is 1.25. The number of amides is 1. The third-order valence-corrected chi connectivity index (χ3v) is 3.55. The second kappa shape index (κ2) is 5.71. The number of nitrogens with zero attached hydrogens (tertiary/aromatic N) is 3. The standard InChI is InChI=1S/C13H14ClN5O2/c14-9-3-1-8(2-4-9)10-7-19(5-6-21-10)12(20)11-16-13(15)18-17-11/h1-4,10H,5-7H2,(H3,15,16,17,18). The van der Waals surface area contributed by atoms with Gasteiger partial charge in [-0.2, -0.15) is 4.98 Å².